The van der Waals surface area contributed by atoms with E-state index in [4.69, 9.17) is 16.9 Å². The number of nitrogens with two attached hydrogens (primary N) is 2. The van der Waals surface area contributed by atoms with Crippen LogP contribution in [0.5, 0.6) is 0 Å². The van der Waals surface area contributed by atoms with Crippen LogP contribution in [0.25, 0.3) is 0 Å². The van der Waals surface area contributed by atoms with Crippen molar-refractivity contribution < 1.29 is 8.78 Å². The first-order valence-electron chi connectivity index (χ1n) is 6.36. The summed E-state index contributed by atoms with van der Waals surface area (Å²) in [6.07, 6.45) is -0.826. The summed E-state index contributed by atoms with van der Waals surface area (Å²) in [7, 11) is 0. The van der Waals surface area contributed by atoms with Crippen LogP contribution in [-0.2, 0) is 0 Å². The van der Waals surface area contributed by atoms with Crippen molar-refractivity contribution in [3.8, 4) is 0 Å². The maximum Gasteiger partial charge on any atom is 0.252 e. The standard InChI is InChI=1S/C13H16BrF2N5.ClH/c14-8-1-3-9(4-2-8)20-11(17)10-7-13(15,16)5-6-21(10)12(18)19;/h1-4,10H,5-7H2,(H2,17,20)(H3,18,19);1H. The molecule has 22 heavy (non-hydrogen) atoms. The quantitative estimate of drug-likeness (QED) is 0.530. The van der Waals surface area contributed by atoms with Crippen LogP contribution >= 0.6 is 28.3 Å². The maximum atomic E-state index is 13.6. The van der Waals surface area contributed by atoms with Gasteiger partial charge in [-0.1, -0.05) is 15.9 Å². The summed E-state index contributed by atoms with van der Waals surface area (Å²) in [6.45, 7) is -0.0104. The number of guanidine groups is 1. The van der Waals surface area contributed by atoms with Gasteiger partial charge in [0.1, 0.15) is 5.84 Å². The lowest BCUT2D eigenvalue weighted by molar-refractivity contribution is -0.0526. The maximum absolute atomic E-state index is 13.6. The summed E-state index contributed by atoms with van der Waals surface area (Å²) in [5, 5.41) is 7.49. The van der Waals surface area contributed by atoms with Crippen LogP contribution in [0.3, 0.4) is 0 Å². The fourth-order valence-corrected chi connectivity index (χ4v) is 2.49. The van der Waals surface area contributed by atoms with Gasteiger partial charge < -0.3 is 16.4 Å². The zero-order chi connectivity index (χ0) is 15.6. The van der Waals surface area contributed by atoms with Gasteiger partial charge in [-0.05, 0) is 24.3 Å². The van der Waals surface area contributed by atoms with E-state index in [1.54, 1.807) is 24.3 Å². The van der Waals surface area contributed by atoms with E-state index in [1.807, 2.05) is 0 Å². The number of nitrogens with one attached hydrogen (secondary N) is 1. The van der Waals surface area contributed by atoms with Gasteiger partial charge in [0.05, 0.1) is 11.7 Å². The lowest BCUT2D eigenvalue weighted by Crippen LogP contribution is -2.56. The van der Waals surface area contributed by atoms with Crippen molar-refractivity contribution in [2.24, 2.45) is 16.5 Å². The number of likely N-dealkylation sites (tertiary alicyclic amines) is 1. The molecule has 0 saturated carbocycles. The normalized spacial score (nSPS) is 21.1. The van der Waals surface area contributed by atoms with Crippen molar-refractivity contribution in [2.45, 2.75) is 24.8 Å². The number of benzene rings is 1. The number of aliphatic imine (C=N–C) groups is 1. The molecule has 1 aromatic carbocycles. The summed E-state index contributed by atoms with van der Waals surface area (Å²) >= 11 is 3.30. The smallest absolute Gasteiger partial charge is 0.252 e. The molecule has 2 rings (SSSR count). The monoisotopic (exact) mass is 395 g/mol. The molecule has 1 unspecified atom stereocenters. The van der Waals surface area contributed by atoms with Crippen molar-refractivity contribution in [1.29, 1.82) is 5.41 Å². The number of rotatable bonds is 2. The number of hydrogen-bond donors (Lipinski definition) is 3. The third-order valence-electron chi connectivity index (χ3n) is 3.32. The zero-order valence-electron chi connectivity index (χ0n) is 11.6. The average molecular weight is 397 g/mol. The Morgan fingerprint density at radius 2 is 1.91 bits per heavy atom. The lowest BCUT2D eigenvalue weighted by Gasteiger charge is -2.39. The van der Waals surface area contributed by atoms with Gasteiger partial charge in [-0.2, -0.15) is 0 Å². The largest absolute Gasteiger partial charge is 0.385 e. The van der Waals surface area contributed by atoms with Crippen LogP contribution in [-0.4, -0.2) is 35.2 Å². The minimum Gasteiger partial charge on any atom is -0.385 e. The molecular formula is C13H17BrClF2N5. The van der Waals surface area contributed by atoms with E-state index in [2.05, 4.69) is 20.9 Å². The average Bonchev–Trinajstić information content (AvgIpc) is 2.40. The first-order chi connectivity index (χ1) is 9.78. The fourth-order valence-electron chi connectivity index (χ4n) is 2.23. The molecule has 0 aliphatic carbocycles. The molecule has 1 atom stereocenters. The molecule has 1 saturated heterocycles. The van der Waals surface area contributed by atoms with Crippen molar-refractivity contribution in [3.05, 3.63) is 28.7 Å². The number of nitrogens with zero attached hydrogens (tertiary/aromatic N) is 2. The van der Waals surface area contributed by atoms with E-state index >= 15 is 0 Å². The van der Waals surface area contributed by atoms with E-state index in [-0.39, 0.29) is 37.2 Å². The van der Waals surface area contributed by atoms with E-state index in [9.17, 15) is 8.78 Å². The number of hydrogen-bond acceptors (Lipinski definition) is 2. The number of amidine groups is 1. The molecule has 0 bridgehead atoms. The molecule has 0 amide bonds. The second kappa shape index (κ2) is 7.23. The van der Waals surface area contributed by atoms with Crippen molar-refractivity contribution in [1.82, 2.24) is 4.90 Å². The highest BCUT2D eigenvalue weighted by Gasteiger charge is 2.42. The molecule has 0 spiro atoms. The molecule has 1 aliphatic heterocycles. The number of alkyl halides is 2. The molecule has 122 valence electrons. The molecule has 1 aliphatic rings. The third kappa shape index (κ3) is 4.54. The summed E-state index contributed by atoms with van der Waals surface area (Å²) in [5.41, 5.74) is 11.9. The highest BCUT2D eigenvalue weighted by Crippen LogP contribution is 2.32. The van der Waals surface area contributed by atoms with Crippen LogP contribution < -0.4 is 11.5 Å². The Hall–Kier alpha value is -1.41. The lowest BCUT2D eigenvalue weighted by atomic mass is 9.98. The van der Waals surface area contributed by atoms with Gasteiger partial charge in [-0.25, -0.2) is 13.8 Å². The molecule has 0 radical (unpaired) electrons. The molecule has 1 heterocycles. The first kappa shape index (κ1) is 18.6. The minimum atomic E-state index is -2.82. The van der Waals surface area contributed by atoms with Gasteiger partial charge in [0.2, 0.25) is 0 Å². The fraction of sp³-hybridized carbons (Fsp3) is 0.385. The predicted molar refractivity (Wildman–Crippen MR) is 89.3 cm³/mol. The highest BCUT2D eigenvalue weighted by molar-refractivity contribution is 9.10. The number of piperidine rings is 1. The Morgan fingerprint density at radius 3 is 2.45 bits per heavy atom. The first-order valence-corrected chi connectivity index (χ1v) is 7.16. The van der Waals surface area contributed by atoms with Crippen LogP contribution in [0.4, 0.5) is 14.5 Å². The Balaban J connectivity index is 0.00000242. The molecule has 9 heteroatoms. The molecule has 1 aromatic rings. The Kier molecular flexibility index (Phi) is 6.13. The molecule has 5 N–H and O–H groups in total. The van der Waals surface area contributed by atoms with E-state index in [0.29, 0.717) is 5.69 Å². The molecule has 5 nitrogen and oxygen atoms in total. The molecule has 1 fully saturated rings. The van der Waals surface area contributed by atoms with E-state index in [1.165, 1.54) is 4.90 Å². The molecule has 0 aromatic heterocycles. The van der Waals surface area contributed by atoms with Gasteiger partial charge in [0.25, 0.3) is 5.92 Å². The Bertz CT molecular complexity index is 564. The van der Waals surface area contributed by atoms with Gasteiger partial charge in [-0.15, -0.1) is 12.4 Å². The Morgan fingerprint density at radius 1 is 1.32 bits per heavy atom. The van der Waals surface area contributed by atoms with E-state index in [0.717, 1.165) is 4.47 Å². The van der Waals surface area contributed by atoms with Crippen LogP contribution in [0, 0.1) is 5.41 Å². The van der Waals surface area contributed by atoms with Gasteiger partial charge in [0, 0.05) is 23.9 Å². The highest BCUT2D eigenvalue weighted by atomic mass is 79.9. The topological polar surface area (TPSA) is 91.5 Å². The van der Waals surface area contributed by atoms with Gasteiger partial charge >= 0.3 is 0 Å². The number of halogens is 4. The summed E-state index contributed by atoms with van der Waals surface area (Å²) in [4.78, 5) is 5.52. The van der Waals surface area contributed by atoms with Crippen molar-refractivity contribution >= 4 is 45.8 Å². The zero-order valence-corrected chi connectivity index (χ0v) is 14.0. The van der Waals surface area contributed by atoms with Crippen LogP contribution in [0.2, 0.25) is 0 Å². The van der Waals surface area contributed by atoms with Gasteiger partial charge in [-0.3, -0.25) is 5.41 Å². The Labute approximate surface area is 141 Å². The summed E-state index contributed by atoms with van der Waals surface area (Å²) in [6, 6.07) is 6.13. The van der Waals surface area contributed by atoms with Crippen molar-refractivity contribution in [3.63, 3.8) is 0 Å². The van der Waals surface area contributed by atoms with Crippen LogP contribution in [0.1, 0.15) is 12.8 Å². The summed E-state index contributed by atoms with van der Waals surface area (Å²) < 4.78 is 28.1. The van der Waals surface area contributed by atoms with Gasteiger partial charge in [0.15, 0.2) is 5.96 Å². The molecular weight excluding hydrogens is 380 g/mol. The SMILES string of the molecule is Cl.N=C(N)N1CCC(F)(F)CC1C(N)=Nc1ccc(Br)cc1. The minimum absolute atomic E-state index is 0. The second-order valence-electron chi connectivity index (χ2n) is 4.92. The summed E-state index contributed by atoms with van der Waals surface area (Å²) in [5.74, 6) is -3.06. The van der Waals surface area contributed by atoms with E-state index < -0.39 is 18.4 Å². The third-order valence-corrected chi connectivity index (χ3v) is 3.85. The predicted octanol–water partition coefficient (Wildman–Crippen LogP) is 2.85. The van der Waals surface area contributed by atoms with Crippen LogP contribution in [0.15, 0.2) is 33.7 Å². The van der Waals surface area contributed by atoms with Crippen molar-refractivity contribution in [2.75, 3.05) is 6.54 Å². The second-order valence-corrected chi connectivity index (χ2v) is 5.83.